The minimum atomic E-state index is -3.97. The number of piperazine rings is 1. The van der Waals surface area contributed by atoms with Gasteiger partial charge in [0.2, 0.25) is 15.9 Å². The number of thiophene rings is 1. The Hall–Kier alpha value is -2.30. The highest BCUT2D eigenvalue weighted by Gasteiger charge is 2.36. The minimum absolute atomic E-state index is 0.00195. The van der Waals surface area contributed by atoms with E-state index in [0.717, 1.165) is 15.6 Å². The predicted octanol–water partition coefficient (Wildman–Crippen LogP) is 0.967. The van der Waals surface area contributed by atoms with E-state index in [9.17, 15) is 18.0 Å². The van der Waals surface area contributed by atoms with Crippen molar-refractivity contribution in [2.45, 2.75) is 4.90 Å². The Morgan fingerprint density at radius 3 is 2.72 bits per heavy atom. The zero-order chi connectivity index (χ0) is 18.0. The zero-order valence-electron chi connectivity index (χ0n) is 13.3. The monoisotopic (exact) mass is 381 g/mol. The van der Waals surface area contributed by atoms with Crippen LogP contribution in [-0.2, 0) is 19.6 Å². The lowest BCUT2D eigenvalue weighted by atomic mass is 10.3. The van der Waals surface area contributed by atoms with Crippen LogP contribution in [0.5, 0.6) is 0 Å². The van der Waals surface area contributed by atoms with Crippen molar-refractivity contribution in [2.24, 2.45) is 0 Å². The molecule has 0 bridgehead atoms. The van der Waals surface area contributed by atoms with E-state index in [4.69, 9.17) is 0 Å². The van der Waals surface area contributed by atoms with Gasteiger partial charge in [0.05, 0.1) is 13.7 Å². The van der Waals surface area contributed by atoms with Crippen molar-refractivity contribution in [1.29, 1.82) is 0 Å². The summed E-state index contributed by atoms with van der Waals surface area (Å²) in [6.45, 7) is -0.0107. The molecule has 1 aliphatic heterocycles. The van der Waals surface area contributed by atoms with Crippen LogP contribution in [0.2, 0.25) is 0 Å². The molecule has 3 rings (SSSR count). The maximum absolute atomic E-state index is 12.8. The third kappa shape index (κ3) is 3.28. The maximum Gasteiger partial charge on any atom is 0.349 e. The van der Waals surface area contributed by atoms with E-state index < -0.39 is 16.0 Å². The summed E-state index contributed by atoms with van der Waals surface area (Å²) in [5, 5.41) is 1.51. The van der Waals surface area contributed by atoms with Gasteiger partial charge in [-0.15, -0.1) is 11.3 Å². The number of rotatable bonds is 4. The molecule has 0 saturated carbocycles. The van der Waals surface area contributed by atoms with Crippen molar-refractivity contribution >= 4 is 39.1 Å². The summed E-state index contributed by atoms with van der Waals surface area (Å²) in [5.74, 6) is -0.606. The number of ether oxygens (including phenoxy) is 1. The third-order valence-corrected chi connectivity index (χ3v) is 6.64. The van der Waals surface area contributed by atoms with Crippen molar-refractivity contribution in [3.8, 4) is 0 Å². The molecule has 0 atom stereocenters. The molecule has 1 saturated heterocycles. The molecule has 25 heavy (non-hydrogen) atoms. The molecule has 0 spiro atoms. The lowest BCUT2D eigenvalue weighted by molar-refractivity contribution is -0.120. The van der Waals surface area contributed by atoms with Gasteiger partial charge < -0.3 is 4.74 Å². The summed E-state index contributed by atoms with van der Waals surface area (Å²) in [5.41, 5.74) is 0. The average Bonchev–Trinajstić information content (AvgIpc) is 3.12. The summed E-state index contributed by atoms with van der Waals surface area (Å²) in [4.78, 5) is 29.6. The van der Waals surface area contributed by atoms with Crippen LogP contribution < -0.4 is 4.90 Å². The average molecular weight is 381 g/mol. The largest absolute Gasteiger partial charge is 0.465 e. The van der Waals surface area contributed by atoms with Gasteiger partial charge in [0.25, 0.3) is 0 Å². The molecule has 1 fully saturated rings. The van der Waals surface area contributed by atoms with E-state index in [1.54, 1.807) is 24.4 Å². The van der Waals surface area contributed by atoms with Crippen LogP contribution in [0.1, 0.15) is 9.67 Å². The summed E-state index contributed by atoms with van der Waals surface area (Å²) in [6.07, 6.45) is 1.57. The lowest BCUT2D eigenvalue weighted by Gasteiger charge is -2.32. The smallest absolute Gasteiger partial charge is 0.349 e. The van der Waals surface area contributed by atoms with Gasteiger partial charge in [-0.05, 0) is 23.6 Å². The van der Waals surface area contributed by atoms with Crippen LogP contribution >= 0.6 is 11.3 Å². The first kappa shape index (κ1) is 17.5. The number of amides is 1. The molecule has 2 aromatic rings. The standard InChI is InChI=1S/C15H15N3O5S2/c1-23-15(20)14-11(5-9-24-14)25(21,22)17-7-8-18(13(19)10-17)12-4-2-3-6-16-12/h2-6,9H,7-8,10H2,1H3. The molecule has 8 nitrogen and oxygen atoms in total. The van der Waals surface area contributed by atoms with Gasteiger partial charge >= 0.3 is 5.97 Å². The van der Waals surface area contributed by atoms with Gasteiger partial charge in [0.15, 0.2) is 0 Å². The summed E-state index contributed by atoms with van der Waals surface area (Å²) >= 11 is 0.986. The van der Waals surface area contributed by atoms with Crippen LogP contribution in [0.15, 0.2) is 40.7 Å². The second-order valence-electron chi connectivity index (χ2n) is 5.18. The zero-order valence-corrected chi connectivity index (χ0v) is 14.9. The molecule has 0 unspecified atom stereocenters. The Morgan fingerprint density at radius 1 is 1.28 bits per heavy atom. The number of sulfonamides is 1. The highest BCUT2D eigenvalue weighted by atomic mass is 32.2. The number of pyridine rings is 1. The quantitative estimate of drug-likeness (QED) is 0.732. The molecule has 0 aliphatic carbocycles. The van der Waals surface area contributed by atoms with E-state index >= 15 is 0 Å². The molecule has 1 amide bonds. The van der Waals surface area contributed by atoms with Gasteiger partial charge in [-0.3, -0.25) is 9.69 Å². The highest BCUT2D eigenvalue weighted by Crippen LogP contribution is 2.27. The molecule has 132 valence electrons. The van der Waals surface area contributed by atoms with Crippen molar-refractivity contribution in [3.63, 3.8) is 0 Å². The van der Waals surface area contributed by atoms with Crippen molar-refractivity contribution in [2.75, 3.05) is 31.6 Å². The van der Waals surface area contributed by atoms with E-state index in [0.29, 0.717) is 5.82 Å². The van der Waals surface area contributed by atoms with Crippen LogP contribution in [0.25, 0.3) is 0 Å². The van der Waals surface area contributed by atoms with Crippen molar-refractivity contribution in [3.05, 3.63) is 40.7 Å². The Labute approximate surface area is 148 Å². The van der Waals surface area contributed by atoms with E-state index in [2.05, 4.69) is 9.72 Å². The van der Waals surface area contributed by atoms with E-state index in [-0.39, 0.29) is 35.3 Å². The van der Waals surface area contributed by atoms with Crippen LogP contribution in [0.4, 0.5) is 5.82 Å². The molecule has 10 heteroatoms. The Balaban J connectivity index is 1.83. The number of esters is 1. The molecule has 2 aromatic heterocycles. The lowest BCUT2D eigenvalue weighted by Crippen LogP contribution is -2.52. The maximum atomic E-state index is 12.8. The third-order valence-electron chi connectivity index (χ3n) is 3.73. The number of carbonyl (C=O) groups is 2. The number of carbonyl (C=O) groups excluding carboxylic acids is 2. The molecular formula is C15H15N3O5S2. The first-order valence-corrected chi connectivity index (χ1v) is 9.64. The second-order valence-corrected chi connectivity index (χ2v) is 8.00. The normalized spacial score (nSPS) is 16.0. The van der Waals surface area contributed by atoms with Crippen molar-refractivity contribution < 1.29 is 22.7 Å². The SMILES string of the molecule is COC(=O)c1sccc1S(=O)(=O)N1CCN(c2ccccn2)C(=O)C1. The summed E-state index contributed by atoms with van der Waals surface area (Å²) < 4.78 is 31.3. The van der Waals surface area contributed by atoms with Gasteiger partial charge in [0, 0.05) is 19.3 Å². The second kappa shape index (κ2) is 6.90. The van der Waals surface area contributed by atoms with Gasteiger partial charge in [0.1, 0.15) is 15.6 Å². The number of hydrogen-bond donors (Lipinski definition) is 0. The number of anilines is 1. The number of methoxy groups -OCH3 is 1. The molecular weight excluding hydrogens is 366 g/mol. The Kier molecular flexibility index (Phi) is 4.84. The van der Waals surface area contributed by atoms with E-state index in [1.807, 2.05) is 0 Å². The molecule has 0 N–H and O–H groups in total. The molecule has 1 aliphatic rings. The predicted molar refractivity (Wildman–Crippen MR) is 91.0 cm³/mol. The fourth-order valence-electron chi connectivity index (χ4n) is 2.49. The van der Waals surface area contributed by atoms with Gasteiger partial charge in [-0.25, -0.2) is 18.2 Å². The topological polar surface area (TPSA) is 96.9 Å². The van der Waals surface area contributed by atoms with Crippen LogP contribution in [-0.4, -0.2) is 56.3 Å². The summed E-state index contributed by atoms with van der Waals surface area (Å²) in [6, 6.07) is 6.53. The number of nitrogens with zero attached hydrogens (tertiary/aromatic N) is 3. The molecule has 3 heterocycles. The number of hydrogen-bond acceptors (Lipinski definition) is 7. The summed E-state index contributed by atoms with van der Waals surface area (Å²) in [7, 11) is -2.78. The minimum Gasteiger partial charge on any atom is -0.465 e. The van der Waals surface area contributed by atoms with Crippen LogP contribution in [0.3, 0.4) is 0 Å². The number of aromatic nitrogens is 1. The first-order chi connectivity index (χ1) is 11.9. The van der Waals surface area contributed by atoms with Crippen molar-refractivity contribution in [1.82, 2.24) is 9.29 Å². The fraction of sp³-hybridized carbons (Fsp3) is 0.267. The first-order valence-electron chi connectivity index (χ1n) is 7.32. The molecule has 0 radical (unpaired) electrons. The Bertz CT molecular complexity index is 895. The van der Waals surface area contributed by atoms with Crippen LogP contribution in [0, 0.1) is 0 Å². The van der Waals surface area contributed by atoms with Gasteiger partial charge in [-0.1, -0.05) is 6.07 Å². The fourth-order valence-corrected chi connectivity index (χ4v) is 5.18. The highest BCUT2D eigenvalue weighted by molar-refractivity contribution is 7.89. The van der Waals surface area contributed by atoms with E-state index in [1.165, 1.54) is 23.5 Å². The Morgan fingerprint density at radius 2 is 2.08 bits per heavy atom. The van der Waals surface area contributed by atoms with Gasteiger partial charge in [-0.2, -0.15) is 4.31 Å². The molecule has 0 aromatic carbocycles.